The Morgan fingerprint density at radius 1 is 1.48 bits per heavy atom. The number of carbonyl (C=O) groups is 1. The number of nitrogens with one attached hydrogen (secondary N) is 1. The summed E-state index contributed by atoms with van der Waals surface area (Å²) in [5, 5.41) is 4.99. The van der Waals surface area contributed by atoms with Crippen LogP contribution in [0.1, 0.15) is 33.1 Å². The van der Waals surface area contributed by atoms with E-state index < -0.39 is 10.2 Å². The van der Waals surface area contributed by atoms with Crippen LogP contribution in [0.25, 0.3) is 4.85 Å². The van der Waals surface area contributed by atoms with Crippen molar-refractivity contribution >= 4 is 27.5 Å². The molecule has 3 N–H and O–H groups in total. The quantitative estimate of drug-likeness (QED) is 0.693. The Kier molecular flexibility index (Phi) is 7.05. The molecule has 1 aromatic rings. The van der Waals surface area contributed by atoms with Gasteiger partial charge in [0.05, 0.1) is 18.9 Å². The molecule has 0 saturated carbocycles. The van der Waals surface area contributed by atoms with E-state index in [1.54, 1.807) is 12.1 Å². The van der Waals surface area contributed by atoms with Crippen LogP contribution in [0, 0.1) is 18.4 Å². The van der Waals surface area contributed by atoms with Crippen LogP contribution in [-0.2, 0) is 15.0 Å². The maximum atomic E-state index is 12.3. The van der Waals surface area contributed by atoms with Crippen molar-refractivity contribution in [3.8, 4) is 5.75 Å². The molecule has 1 aliphatic heterocycles. The number of anilines is 1. The summed E-state index contributed by atoms with van der Waals surface area (Å²) in [6.45, 7) is 13.1. The summed E-state index contributed by atoms with van der Waals surface area (Å²) < 4.78 is 30.4. The van der Waals surface area contributed by atoms with Gasteiger partial charge in [-0.1, -0.05) is 19.9 Å². The molecule has 0 aliphatic carbocycles. The van der Waals surface area contributed by atoms with Gasteiger partial charge in [0.15, 0.2) is 0 Å². The van der Waals surface area contributed by atoms with Crippen molar-refractivity contribution < 1.29 is 17.9 Å². The summed E-state index contributed by atoms with van der Waals surface area (Å²) in [7, 11) is -3.98. The minimum absolute atomic E-state index is 0.0649. The number of likely N-dealkylation sites (tertiary alicyclic amines) is 1. The Balaban J connectivity index is 2.03. The first-order valence-electron chi connectivity index (χ1n) is 8.91. The number of carbonyl (C=O) groups excluding carboxylic acids is 1. The van der Waals surface area contributed by atoms with Crippen LogP contribution in [0.15, 0.2) is 18.2 Å². The number of hydrogen-bond acceptors (Lipinski definition) is 4. The van der Waals surface area contributed by atoms with Gasteiger partial charge < -0.3 is 9.64 Å². The van der Waals surface area contributed by atoms with E-state index >= 15 is 0 Å². The van der Waals surface area contributed by atoms with Crippen LogP contribution in [0.2, 0.25) is 0 Å². The molecule has 1 fully saturated rings. The van der Waals surface area contributed by atoms with Crippen molar-refractivity contribution in [3.05, 3.63) is 29.6 Å². The normalized spacial score (nSPS) is 17.4. The predicted molar refractivity (Wildman–Crippen MR) is 104 cm³/mol. The summed E-state index contributed by atoms with van der Waals surface area (Å²) in [5.41, 5.74) is 0.150. The molecule has 0 unspecified atom stereocenters. The highest BCUT2D eigenvalue weighted by Crippen LogP contribution is 2.36. The van der Waals surface area contributed by atoms with E-state index in [1.807, 2.05) is 18.7 Å². The number of rotatable bonds is 7. The van der Waals surface area contributed by atoms with Gasteiger partial charge in [0.2, 0.25) is 5.91 Å². The van der Waals surface area contributed by atoms with Crippen LogP contribution in [0.5, 0.6) is 5.75 Å². The molecule has 9 heteroatoms. The summed E-state index contributed by atoms with van der Waals surface area (Å²) in [5.74, 6) is 0.952. The lowest BCUT2D eigenvalue weighted by atomic mass is 9.98. The molecule has 27 heavy (non-hydrogen) atoms. The maximum absolute atomic E-state index is 12.3. The molecule has 2 rings (SSSR count). The Hall–Kier alpha value is -2.31. The smallest absolute Gasteiger partial charge is 0.295 e. The van der Waals surface area contributed by atoms with Gasteiger partial charge in [0.1, 0.15) is 5.75 Å². The molecule has 1 heterocycles. The van der Waals surface area contributed by atoms with E-state index in [2.05, 4.69) is 9.57 Å². The third-order valence-electron chi connectivity index (χ3n) is 4.29. The highest BCUT2D eigenvalue weighted by molar-refractivity contribution is 7.90. The minimum atomic E-state index is -3.98. The van der Waals surface area contributed by atoms with Gasteiger partial charge in [0, 0.05) is 25.4 Å². The number of para-hydroxylation sites is 1. The second kappa shape index (κ2) is 9.06. The van der Waals surface area contributed by atoms with E-state index in [9.17, 15) is 13.2 Å². The first-order valence-corrected chi connectivity index (χ1v) is 10.5. The fraction of sp³-hybridized carbons (Fsp3) is 0.556. The molecular formula is C18H26N4O4S. The fourth-order valence-corrected chi connectivity index (χ4v) is 3.57. The number of nitrogens with zero attached hydrogens (tertiary/aromatic N) is 2. The average molecular weight is 394 g/mol. The lowest BCUT2D eigenvalue weighted by Gasteiger charge is -2.33. The molecule has 1 atom stereocenters. The van der Waals surface area contributed by atoms with Gasteiger partial charge in [-0.15, -0.1) is 0 Å². The molecular weight excluding hydrogens is 368 g/mol. The van der Waals surface area contributed by atoms with E-state index in [0.717, 1.165) is 19.4 Å². The molecule has 148 valence electrons. The van der Waals surface area contributed by atoms with Gasteiger partial charge in [-0.05, 0) is 30.9 Å². The third-order valence-corrected chi connectivity index (χ3v) is 4.80. The lowest BCUT2D eigenvalue weighted by Crippen LogP contribution is -2.41. The highest BCUT2D eigenvalue weighted by atomic mass is 32.2. The van der Waals surface area contributed by atoms with Gasteiger partial charge >= 0.3 is 0 Å². The largest absolute Gasteiger partial charge is 0.504 e. The fourth-order valence-electron chi connectivity index (χ4n) is 3.10. The van der Waals surface area contributed by atoms with E-state index in [-0.39, 0.29) is 23.2 Å². The SMILES string of the molecule is [C-]#[N+]c1c(NS(N)(=O)=O)cccc1OC[C@H]1CCCN(C(=O)CC(C)C)C1. The highest BCUT2D eigenvalue weighted by Gasteiger charge is 2.25. The van der Waals surface area contributed by atoms with Gasteiger partial charge in [-0.2, -0.15) is 8.42 Å². The first kappa shape index (κ1) is 21.0. The van der Waals surface area contributed by atoms with E-state index in [0.29, 0.717) is 31.2 Å². The Bertz CT molecular complexity index is 817. The molecule has 0 aromatic heterocycles. The molecule has 1 amide bonds. The van der Waals surface area contributed by atoms with Crippen LogP contribution in [-0.4, -0.2) is 38.9 Å². The predicted octanol–water partition coefficient (Wildman–Crippen LogP) is 2.52. The average Bonchev–Trinajstić information content (AvgIpc) is 2.58. The molecule has 1 saturated heterocycles. The van der Waals surface area contributed by atoms with Crippen molar-refractivity contribution in [1.82, 2.24) is 4.90 Å². The zero-order valence-electron chi connectivity index (χ0n) is 15.6. The van der Waals surface area contributed by atoms with Gasteiger partial charge in [-0.3, -0.25) is 9.52 Å². The van der Waals surface area contributed by atoms with Crippen LogP contribution in [0.3, 0.4) is 0 Å². The Morgan fingerprint density at radius 2 is 2.22 bits per heavy atom. The molecule has 1 aliphatic rings. The molecule has 1 aromatic carbocycles. The molecule has 0 radical (unpaired) electrons. The van der Waals surface area contributed by atoms with Crippen molar-refractivity contribution in [2.24, 2.45) is 17.0 Å². The second-order valence-electron chi connectivity index (χ2n) is 7.17. The molecule has 8 nitrogen and oxygen atoms in total. The summed E-state index contributed by atoms with van der Waals surface area (Å²) in [6, 6.07) is 4.67. The van der Waals surface area contributed by atoms with Crippen LogP contribution in [0.4, 0.5) is 11.4 Å². The summed E-state index contributed by atoms with van der Waals surface area (Å²) >= 11 is 0. The summed E-state index contributed by atoms with van der Waals surface area (Å²) in [6.07, 6.45) is 2.39. The van der Waals surface area contributed by atoms with Gasteiger partial charge in [0.25, 0.3) is 15.9 Å². The second-order valence-corrected chi connectivity index (χ2v) is 8.46. The monoisotopic (exact) mass is 394 g/mol. The number of piperidine rings is 1. The van der Waals surface area contributed by atoms with Crippen molar-refractivity contribution in [2.45, 2.75) is 33.1 Å². The topological polar surface area (TPSA) is 106 Å². The van der Waals surface area contributed by atoms with Crippen molar-refractivity contribution in [1.29, 1.82) is 0 Å². The molecule has 0 bridgehead atoms. The van der Waals surface area contributed by atoms with Gasteiger partial charge in [-0.25, -0.2) is 9.98 Å². The summed E-state index contributed by atoms with van der Waals surface area (Å²) in [4.78, 5) is 17.5. The zero-order chi connectivity index (χ0) is 20.0. The zero-order valence-corrected chi connectivity index (χ0v) is 16.5. The number of hydrogen-bond donors (Lipinski definition) is 2. The van der Waals surface area contributed by atoms with E-state index in [1.165, 1.54) is 6.07 Å². The Morgan fingerprint density at radius 3 is 2.85 bits per heavy atom. The first-order chi connectivity index (χ1) is 12.7. The minimum Gasteiger partial charge on any atom is -0.504 e. The lowest BCUT2D eigenvalue weighted by molar-refractivity contribution is -0.134. The van der Waals surface area contributed by atoms with Crippen molar-refractivity contribution in [3.63, 3.8) is 0 Å². The maximum Gasteiger partial charge on any atom is 0.295 e. The van der Waals surface area contributed by atoms with Crippen LogP contribution >= 0.6 is 0 Å². The number of nitrogens with two attached hydrogens (primary N) is 1. The standard InChI is InChI=1S/C18H26N4O4S/c1-13(2)10-17(23)22-9-5-6-14(11-22)12-26-16-8-4-7-15(18(16)20-3)21-27(19,24)25/h4,7-8,13-14,21H,5-6,9-12H2,1-2H3,(H2,19,24,25)/t14-/m0/s1. The number of benzene rings is 1. The molecule has 0 spiro atoms. The third kappa shape index (κ3) is 6.41. The number of amides is 1. The van der Waals surface area contributed by atoms with Crippen molar-refractivity contribution in [2.75, 3.05) is 24.4 Å². The van der Waals surface area contributed by atoms with Crippen LogP contribution < -0.4 is 14.6 Å². The van der Waals surface area contributed by atoms with E-state index in [4.69, 9.17) is 16.4 Å². The number of ether oxygens (including phenoxy) is 1. The Labute approximate surface area is 160 Å².